The Labute approximate surface area is 111 Å². The van der Waals surface area contributed by atoms with Gasteiger partial charge in [0.05, 0.1) is 11.0 Å². The molecule has 0 aliphatic heterocycles. The van der Waals surface area contributed by atoms with Gasteiger partial charge in [-0.1, -0.05) is 24.3 Å². The van der Waals surface area contributed by atoms with Gasteiger partial charge in [-0.3, -0.25) is 0 Å². The zero-order chi connectivity index (χ0) is 13.7. The van der Waals surface area contributed by atoms with E-state index >= 15 is 0 Å². The van der Waals surface area contributed by atoms with Crippen LogP contribution in [0.1, 0.15) is 0 Å². The molecule has 0 spiro atoms. The molecule has 1 N–H and O–H groups in total. The number of hydrogen-bond acceptors (Lipinski definition) is 3. The number of nitrogens with zero attached hydrogens (tertiary/aromatic N) is 2. The number of rotatable bonds is 1. The van der Waals surface area contributed by atoms with Gasteiger partial charge >= 0.3 is 11.4 Å². The van der Waals surface area contributed by atoms with E-state index in [1.54, 1.807) is 42.5 Å². The maximum Gasteiger partial charge on any atom is 0.439 e. The van der Waals surface area contributed by atoms with Crippen molar-refractivity contribution in [1.29, 1.82) is 0 Å². The van der Waals surface area contributed by atoms with Gasteiger partial charge in [-0.25, -0.2) is 9.59 Å². The monoisotopic (exact) mass is 267 g/mol. The molecule has 0 unspecified atom stereocenters. The Bertz CT molecular complexity index is 963. The van der Waals surface area contributed by atoms with E-state index in [0.29, 0.717) is 22.1 Å². The second-order valence-corrected chi connectivity index (χ2v) is 4.41. The Kier molecular flexibility index (Phi) is 2.03. The number of nitrogens with one attached hydrogen (secondary N) is 1. The molecule has 6 heteroatoms. The Morgan fingerprint density at radius 3 is 2.40 bits per heavy atom. The summed E-state index contributed by atoms with van der Waals surface area (Å²) >= 11 is 0. The fraction of sp³-hybridized carbons (Fsp3) is 0. The molecule has 0 radical (unpaired) electrons. The summed E-state index contributed by atoms with van der Waals surface area (Å²) in [5.41, 5.74) is 1.87. The number of fused-ring (bicyclic) bond motifs is 2. The number of benzene rings is 2. The minimum absolute atomic E-state index is 0.389. The number of para-hydroxylation sites is 4. The van der Waals surface area contributed by atoms with E-state index in [0.717, 1.165) is 0 Å². The predicted molar refractivity (Wildman–Crippen MR) is 73.8 cm³/mol. The fourth-order valence-electron chi connectivity index (χ4n) is 2.38. The Balaban J connectivity index is 2.23. The summed E-state index contributed by atoms with van der Waals surface area (Å²) in [5.74, 6) is -0.599. The second-order valence-electron chi connectivity index (χ2n) is 4.41. The van der Waals surface area contributed by atoms with Crippen molar-refractivity contribution in [2.24, 2.45) is 0 Å². The number of H-pyrrole nitrogens is 1. The molecule has 0 aliphatic carbocycles. The molecule has 6 nitrogen and oxygen atoms in total. The van der Waals surface area contributed by atoms with Crippen LogP contribution in [0.5, 0.6) is 0 Å². The van der Waals surface area contributed by atoms with E-state index in [4.69, 9.17) is 4.42 Å². The van der Waals surface area contributed by atoms with E-state index in [-0.39, 0.29) is 5.69 Å². The van der Waals surface area contributed by atoms with Gasteiger partial charge in [0.1, 0.15) is 5.52 Å². The first-order valence-electron chi connectivity index (χ1n) is 6.07. The molecular weight excluding hydrogens is 258 g/mol. The Morgan fingerprint density at radius 1 is 0.850 bits per heavy atom. The molecule has 0 saturated heterocycles. The smallest absolute Gasteiger partial charge is 0.406 e. The lowest BCUT2D eigenvalue weighted by Crippen LogP contribution is -2.30. The summed E-state index contributed by atoms with van der Waals surface area (Å²) in [7, 11) is 0. The van der Waals surface area contributed by atoms with Crippen LogP contribution in [0, 0.1) is 0 Å². The maximum absolute atomic E-state index is 12.1. The average molecular weight is 267 g/mol. The van der Waals surface area contributed by atoms with E-state index in [1.165, 1.54) is 9.35 Å². The SMILES string of the molecule is O=c1[nH]c2ccccc2n1-n1c(=O)oc2ccccc21. The average Bonchev–Trinajstić information content (AvgIpc) is 2.94. The molecule has 20 heavy (non-hydrogen) atoms. The van der Waals surface area contributed by atoms with Crippen LogP contribution in [0.25, 0.3) is 22.1 Å². The van der Waals surface area contributed by atoms with Gasteiger partial charge in [-0.05, 0) is 24.3 Å². The van der Waals surface area contributed by atoms with Crippen molar-refractivity contribution in [1.82, 2.24) is 14.3 Å². The van der Waals surface area contributed by atoms with Crippen LogP contribution < -0.4 is 11.4 Å². The molecule has 0 bridgehead atoms. The van der Waals surface area contributed by atoms with Gasteiger partial charge in [0.25, 0.3) is 0 Å². The number of imidazole rings is 1. The van der Waals surface area contributed by atoms with Crippen LogP contribution in [-0.2, 0) is 0 Å². The topological polar surface area (TPSA) is 72.9 Å². The molecule has 0 aliphatic rings. The maximum atomic E-state index is 12.1. The molecular formula is C14H9N3O3. The molecule has 0 saturated carbocycles. The van der Waals surface area contributed by atoms with Crippen molar-refractivity contribution in [3.8, 4) is 0 Å². The highest BCUT2D eigenvalue weighted by molar-refractivity contribution is 5.77. The van der Waals surface area contributed by atoms with E-state index < -0.39 is 5.76 Å². The molecule has 0 fully saturated rings. The largest absolute Gasteiger partial charge is 0.439 e. The van der Waals surface area contributed by atoms with Gasteiger partial charge in [-0.2, -0.15) is 9.35 Å². The minimum Gasteiger partial charge on any atom is -0.406 e. The fourth-order valence-corrected chi connectivity index (χ4v) is 2.38. The van der Waals surface area contributed by atoms with Gasteiger partial charge in [0, 0.05) is 0 Å². The van der Waals surface area contributed by atoms with E-state index in [9.17, 15) is 9.59 Å². The highest BCUT2D eigenvalue weighted by Crippen LogP contribution is 2.14. The van der Waals surface area contributed by atoms with E-state index in [2.05, 4.69) is 4.98 Å². The van der Waals surface area contributed by atoms with Crippen molar-refractivity contribution >= 4 is 22.1 Å². The first-order valence-corrected chi connectivity index (χ1v) is 6.07. The lowest BCUT2D eigenvalue weighted by molar-refractivity contribution is 0.490. The van der Waals surface area contributed by atoms with Crippen LogP contribution in [0.3, 0.4) is 0 Å². The minimum atomic E-state index is -0.599. The van der Waals surface area contributed by atoms with Crippen LogP contribution in [0.15, 0.2) is 62.5 Å². The van der Waals surface area contributed by atoms with E-state index in [1.807, 2.05) is 6.07 Å². The summed E-state index contributed by atoms with van der Waals surface area (Å²) < 4.78 is 7.67. The highest BCUT2D eigenvalue weighted by atomic mass is 16.4. The number of oxazole rings is 1. The summed E-state index contributed by atoms with van der Waals surface area (Å²) in [4.78, 5) is 26.9. The van der Waals surface area contributed by atoms with Crippen molar-refractivity contribution in [3.63, 3.8) is 0 Å². The van der Waals surface area contributed by atoms with Crippen LogP contribution in [0.4, 0.5) is 0 Å². The van der Waals surface area contributed by atoms with Gasteiger partial charge in [0.15, 0.2) is 5.58 Å². The summed E-state index contributed by atoms with van der Waals surface area (Å²) in [6.07, 6.45) is 0. The quantitative estimate of drug-likeness (QED) is 0.568. The lowest BCUT2D eigenvalue weighted by Gasteiger charge is -2.02. The molecule has 0 atom stereocenters. The third-order valence-corrected chi connectivity index (χ3v) is 3.23. The molecule has 2 aromatic heterocycles. The standard InChI is InChI=1S/C14H9N3O3/c18-13-15-9-5-1-2-6-10(9)16(13)17-11-7-3-4-8-12(11)20-14(17)19/h1-8H,(H,15,18). The van der Waals surface area contributed by atoms with Gasteiger partial charge in [0.2, 0.25) is 0 Å². The molecule has 2 heterocycles. The summed E-state index contributed by atoms with van der Waals surface area (Å²) in [5, 5.41) is 0. The molecule has 4 aromatic rings. The predicted octanol–water partition coefficient (Wildman–Crippen LogP) is 1.55. The van der Waals surface area contributed by atoms with Crippen molar-refractivity contribution in [2.45, 2.75) is 0 Å². The Hall–Kier alpha value is -3.02. The summed E-state index contributed by atoms with van der Waals surface area (Å²) in [6.45, 7) is 0. The first-order chi connectivity index (χ1) is 9.75. The third kappa shape index (κ3) is 1.33. The molecule has 0 amide bonds. The van der Waals surface area contributed by atoms with Crippen molar-refractivity contribution < 1.29 is 4.42 Å². The zero-order valence-electron chi connectivity index (χ0n) is 10.2. The zero-order valence-corrected chi connectivity index (χ0v) is 10.2. The third-order valence-electron chi connectivity index (χ3n) is 3.23. The number of hydrogen-bond donors (Lipinski definition) is 1. The van der Waals surface area contributed by atoms with Gasteiger partial charge in [-0.15, -0.1) is 0 Å². The normalized spacial score (nSPS) is 11.4. The number of aromatic nitrogens is 3. The number of aromatic amines is 1. The first kappa shape index (κ1) is 10.9. The lowest BCUT2D eigenvalue weighted by atomic mass is 10.3. The second kappa shape index (κ2) is 3.74. The van der Waals surface area contributed by atoms with Crippen molar-refractivity contribution in [2.75, 3.05) is 0 Å². The summed E-state index contributed by atoms with van der Waals surface area (Å²) in [6, 6.07) is 14.1. The molecule has 98 valence electrons. The molecule has 2 aromatic carbocycles. The van der Waals surface area contributed by atoms with Crippen molar-refractivity contribution in [3.05, 3.63) is 69.6 Å². The highest BCUT2D eigenvalue weighted by Gasteiger charge is 2.15. The Morgan fingerprint density at radius 2 is 1.55 bits per heavy atom. The van der Waals surface area contributed by atoms with Crippen LogP contribution >= 0.6 is 0 Å². The van der Waals surface area contributed by atoms with Gasteiger partial charge < -0.3 is 9.40 Å². The van der Waals surface area contributed by atoms with Crippen LogP contribution in [0.2, 0.25) is 0 Å². The molecule has 4 rings (SSSR count). The van der Waals surface area contributed by atoms with Crippen LogP contribution in [-0.4, -0.2) is 14.3 Å².